The molecule has 172 valence electrons. The Balaban J connectivity index is 0.00000148. The van der Waals surface area contributed by atoms with Gasteiger partial charge >= 0.3 is 0 Å². The smallest absolute Gasteiger partial charge is 0.252 e. The van der Waals surface area contributed by atoms with E-state index in [1.54, 1.807) is 17.2 Å². The van der Waals surface area contributed by atoms with Crippen molar-refractivity contribution in [1.29, 1.82) is 0 Å². The Morgan fingerprint density at radius 1 is 1.16 bits per heavy atom. The molecule has 1 fully saturated rings. The van der Waals surface area contributed by atoms with E-state index in [1.807, 2.05) is 52.0 Å². The molecule has 0 radical (unpaired) electrons. The quantitative estimate of drug-likeness (QED) is 0.735. The minimum absolute atomic E-state index is 0. The first-order valence-corrected chi connectivity index (χ1v) is 11.4. The second-order valence-electron chi connectivity index (χ2n) is 7.57. The van der Waals surface area contributed by atoms with E-state index in [1.165, 1.54) is 6.42 Å². The van der Waals surface area contributed by atoms with Gasteiger partial charge < -0.3 is 10.2 Å². The zero-order valence-corrected chi connectivity index (χ0v) is 19.8. The first-order valence-electron chi connectivity index (χ1n) is 11.4. The molecule has 2 amide bonds. The molecule has 1 saturated heterocycles. The first kappa shape index (κ1) is 26.3. The van der Waals surface area contributed by atoms with Crippen molar-refractivity contribution in [1.82, 2.24) is 15.2 Å². The Morgan fingerprint density at radius 2 is 1.81 bits per heavy atom. The van der Waals surface area contributed by atoms with Gasteiger partial charge in [-0.3, -0.25) is 19.4 Å². The second-order valence-corrected chi connectivity index (χ2v) is 7.57. The molecule has 1 atom stereocenters. The summed E-state index contributed by atoms with van der Waals surface area (Å²) in [6, 6.07) is 8.66. The predicted octanol–water partition coefficient (Wildman–Crippen LogP) is 4.87. The average molecular weight is 430 g/mol. The molecule has 0 spiro atoms. The van der Waals surface area contributed by atoms with Crippen LogP contribution in [0.2, 0.25) is 0 Å². The molecule has 6 heteroatoms. The van der Waals surface area contributed by atoms with E-state index in [0.717, 1.165) is 17.3 Å². The van der Waals surface area contributed by atoms with Gasteiger partial charge in [-0.2, -0.15) is 0 Å². The molecule has 6 nitrogen and oxygen atoms in total. The molecule has 1 aliphatic rings. The number of amides is 2. The van der Waals surface area contributed by atoms with Crippen molar-refractivity contribution < 1.29 is 15.8 Å². The average Bonchev–Trinajstić information content (AvgIpc) is 3.28. The lowest BCUT2D eigenvalue weighted by molar-refractivity contribution is -0.138. The normalized spacial score (nSPS) is 14.9. The number of pyridine rings is 1. The van der Waals surface area contributed by atoms with Gasteiger partial charge in [0, 0.05) is 25.5 Å². The number of likely N-dealkylation sites (tertiary alicyclic amines) is 1. The van der Waals surface area contributed by atoms with E-state index in [4.69, 9.17) is 0 Å². The van der Waals surface area contributed by atoms with Crippen LogP contribution in [-0.4, -0.2) is 46.6 Å². The van der Waals surface area contributed by atoms with Gasteiger partial charge in [-0.05, 0) is 25.0 Å². The molecule has 2 heterocycles. The van der Waals surface area contributed by atoms with Crippen molar-refractivity contribution in [2.24, 2.45) is 5.92 Å². The highest BCUT2D eigenvalue weighted by molar-refractivity contribution is 6.07. The number of benzene rings is 1. The number of para-hydroxylation sites is 1. The number of hydrogen-bond donors (Lipinski definition) is 1. The third-order valence-corrected chi connectivity index (χ3v) is 4.76. The number of fused-ring (bicyclic) bond motifs is 1. The number of nitrogens with one attached hydrogen (secondary N) is 1. The maximum atomic E-state index is 12.5. The van der Waals surface area contributed by atoms with Gasteiger partial charge in [0.05, 0.1) is 23.7 Å². The number of carbonyl (C=O) groups is 3. The molecule has 1 aromatic heterocycles. The summed E-state index contributed by atoms with van der Waals surface area (Å²) in [6.07, 6.45) is 4.35. The van der Waals surface area contributed by atoms with Gasteiger partial charge in [-0.1, -0.05) is 66.2 Å². The number of nitrogens with zero attached hydrogens (tertiary/aromatic N) is 2. The van der Waals surface area contributed by atoms with Crippen molar-refractivity contribution in [2.75, 3.05) is 13.1 Å². The van der Waals surface area contributed by atoms with Crippen LogP contribution < -0.4 is 5.32 Å². The number of hydrogen-bond acceptors (Lipinski definition) is 4. The zero-order valence-electron chi connectivity index (χ0n) is 19.8. The maximum Gasteiger partial charge on any atom is 0.252 e. The van der Waals surface area contributed by atoms with Crippen molar-refractivity contribution in [2.45, 2.75) is 66.8 Å². The third kappa shape index (κ3) is 7.16. The largest absolute Gasteiger partial charge is 0.343 e. The van der Waals surface area contributed by atoms with Crippen molar-refractivity contribution in [3.05, 3.63) is 42.1 Å². The summed E-state index contributed by atoms with van der Waals surface area (Å²) in [7, 11) is 0. The lowest BCUT2D eigenvalue weighted by Crippen LogP contribution is -2.46. The molecular weight excluding hydrogens is 390 g/mol. The van der Waals surface area contributed by atoms with Crippen LogP contribution in [0.25, 0.3) is 10.9 Å². The van der Waals surface area contributed by atoms with E-state index in [0.29, 0.717) is 18.5 Å². The van der Waals surface area contributed by atoms with Crippen molar-refractivity contribution in [3.63, 3.8) is 0 Å². The molecule has 1 N–H and O–H groups in total. The molecule has 1 unspecified atom stereocenters. The first-order chi connectivity index (χ1) is 14.9. The molecule has 2 aromatic rings. The van der Waals surface area contributed by atoms with Crippen LogP contribution in [0.3, 0.4) is 0 Å². The highest BCUT2D eigenvalue weighted by Gasteiger charge is 2.34. The Hall–Kier alpha value is -2.76. The standard InChI is InChI=1S/C20H23N3O3.C3H8.C2H6.H2/c1-13(2)19(25)17-8-5-11-23(17)18(24)12-22-20(26)15-9-10-21-16-7-4-3-6-14(15)16;1-3-2;1-2;/h3-4,6-7,9-10,13,17H,5,8,11-12H2,1-2H3,(H,22,26);3H2,1-2H3;1-2H3;1H. The minimum atomic E-state index is -0.360. The van der Waals surface area contributed by atoms with Crippen LogP contribution in [0, 0.1) is 5.92 Å². The van der Waals surface area contributed by atoms with Gasteiger partial charge in [0.15, 0.2) is 5.78 Å². The molecule has 31 heavy (non-hydrogen) atoms. The summed E-state index contributed by atoms with van der Waals surface area (Å²) >= 11 is 0. The maximum absolute atomic E-state index is 12.5. The summed E-state index contributed by atoms with van der Waals surface area (Å²) in [5, 5.41) is 3.43. The second kappa shape index (κ2) is 13.5. The number of carbonyl (C=O) groups excluding carboxylic acids is 3. The lowest BCUT2D eigenvalue weighted by Gasteiger charge is -2.25. The van der Waals surface area contributed by atoms with Gasteiger partial charge in [-0.25, -0.2) is 0 Å². The van der Waals surface area contributed by atoms with Crippen LogP contribution >= 0.6 is 0 Å². The van der Waals surface area contributed by atoms with Crippen LogP contribution in [0.1, 0.15) is 72.6 Å². The van der Waals surface area contributed by atoms with E-state index in [2.05, 4.69) is 24.1 Å². The number of ketones is 1. The summed E-state index contributed by atoms with van der Waals surface area (Å²) in [5.41, 5.74) is 1.22. The van der Waals surface area contributed by atoms with Crippen LogP contribution in [0.5, 0.6) is 0 Å². The Kier molecular flexibility index (Phi) is 11.5. The zero-order chi connectivity index (χ0) is 23.4. The predicted molar refractivity (Wildman–Crippen MR) is 128 cm³/mol. The molecule has 1 aromatic carbocycles. The fourth-order valence-electron chi connectivity index (χ4n) is 3.39. The monoisotopic (exact) mass is 429 g/mol. The van der Waals surface area contributed by atoms with Gasteiger partial charge in [0.1, 0.15) is 0 Å². The van der Waals surface area contributed by atoms with Gasteiger partial charge in [0.2, 0.25) is 5.91 Å². The molecule has 0 aliphatic carbocycles. The molecular formula is C25H39N3O3. The SMILES string of the molecule is CC.CC(C)C(=O)C1CCCN1C(=O)CNC(=O)c1ccnc2ccccc12.CCC.[HH]. The van der Waals surface area contributed by atoms with Crippen LogP contribution in [-0.2, 0) is 9.59 Å². The fourth-order valence-corrected chi connectivity index (χ4v) is 3.39. The molecule has 0 saturated carbocycles. The number of Topliss-reactive ketones (excluding diaryl/α,β-unsaturated/α-hetero) is 1. The lowest BCUT2D eigenvalue weighted by atomic mass is 10.00. The molecule has 3 rings (SSSR count). The fraction of sp³-hybridized carbons (Fsp3) is 0.520. The number of rotatable bonds is 5. The van der Waals surface area contributed by atoms with E-state index in [9.17, 15) is 14.4 Å². The Bertz CT molecular complexity index is 865. The minimum Gasteiger partial charge on any atom is -0.343 e. The van der Waals surface area contributed by atoms with Gasteiger partial charge in [-0.15, -0.1) is 0 Å². The Morgan fingerprint density at radius 3 is 2.45 bits per heavy atom. The van der Waals surface area contributed by atoms with Crippen LogP contribution in [0.15, 0.2) is 36.5 Å². The van der Waals surface area contributed by atoms with E-state index >= 15 is 0 Å². The van der Waals surface area contributed by atoms with Gasteiger partial charge in [0.25, 0.3) is 5.91 Å². The topological polar surface area (TPSA) is 79.4 Å². The van der Waals surface area contributed by atoms with Crippen molar-refractivity contribution >= 4 is 28.5 Å². The summed E-state index contributed by atoms with van der Waals surface area (Å²) in [6.45, 7) is 12.4. The highest BCUT2D eigenvalue weighted by Crippen LogP contribution is 2.21. The van der Waals surface area contributed by atoms with E-state index in [-0.39, 0.29) is 37.5 Å². The van der Waals surface area contributed by atoms with Crippen molar-refractivity contribution in [3.8, 4) is 0 Å². The van der Waals surface area contributed by atoms with Crippen LogP contribution in [0.4, 0.5) is 0 Å². The third-order valence-electron chi connectivity index (χ3n) is 4.76. The van der Waals surface area contributed by atoms with E-state index < -0.39 is 0 Å². The summed E-state index contributed by atoms with van der Waals surface area (Å²) < 4.78 is 0. The Labute approximate surface area is 187 Å². The summed E-state index contributed by atoms with van der Waals surface area (Å²) in [4.78, 5) is 43.2. The highest BCUT2D eigenvalue weighted by atomic mass is 16.2. The number of aromatic nitrogens is 1. The molecule has 0 bridgehead atoms. The molecule has 1 aliphatic heterocycles. The summed E-state index contributed by atoms with van der Waals surface area (Å²) in [5.74, 6) is -0.551.